The third kappa shape index (κ3) is 3.58. The van der Waals surface area contributed by atoms with Crippen LogP contribution < -0.4 is 5.32 Å². The number of ether oxygens (including phenoxy) is 1. The van der Waals surface area contributed by atoms with Gasteiger partial charge in [0.25, 0.3) is 0 Å². The minimum absolute atomic E-state index is 0.205. The molecule has 16 heavy (non-hydrogen) atoms. The van der Waals surface area contributed by atoms with E-state index in [0.29, 0.717) is 0 Å². The van der Waals surface area contributed by atoms with Gasteiger partial charge in [0.05, 0.1) is 6.10 Å². The minimum Gasteiger partial charge on any atom is -0.372 e. The Labute approximate surface area is 103 Å². The maximum atomic E-state index is 5.78. The summed E-state index contributed by atoms with van der Waals surface area (Å²) in [7, 11) is 1.97. The number of nitrogens with one attached hydrogen (secondary N) is 1. The van der Waals surface area contributed by atoms with Gasteiger partial charge in [-0.1, -0.05) is 13.3 Å². The maximum Gasteiger partial charge on any atom is 0.0959 e. The zero-order valence-electron chi connectivity index (χ0n) is 10.8. The Balaban J connectivity index is 2.81. The Kier molecular flexibility index (Phi) is 6.03. The van der Waals surface area contributed by atoms with E-state index in [0.717, 1.165) is 13.2 Å². The van der Waals surface area contributed by atoms with Crippen molar-refractivity contribution in [1.82, 2.24) is 5.32 Å². The van der Waals surface area contributed by atoms with Gasteiger partial charge < -0.3 is 10.1 Å². The fourth-order valence-corrected chi connectivity index (χ4v) is 3.09. The summed E-state index contributed by atoms with van der Waals surface area (Å²) in [6.07, 6.45) is 2.60. The molecule has 0 spiro atoms. The zero-order chi connectivity index (χ0) is 12.0. The highest BCUT2D eigenvalue weighted by Gasteiger charge is 2.15. The van der Waals surface area contributed by atoms with Crippen molar-refractivity contribution in [2.75, 3.05) is 20.2 Å². The van der Waals surface area contributed by atoms with Gasteiger partial charge in [-0.2, -0.15) is 0 Å². The molecular weight excluding hydrogens is 218 g/mol. The fraction of sp³-hybridized carbons (Fsp3) is 0.692. The molecule has 1 N–H and O–H groups in total. The van der Waals surface area contributed by atoms with Gasteiger partial charge in [-0.15, -0.1) is 11.3 Å². The van der Waals surface area contributed by atoms with E-state index in [1.165, 1.54) is 28.2 Å². The molecule has 0 amide bonds. The van der Waals surface area contributed by atoms with Crippen LogP contribution >= 0.6 is 11.3 Å². The Morgan fingerprint density at radius 2 is 2.19 bits per heavy atom. The molecule has 1 atom stereocenters. The van der Waals surface area contributed by atoms with Gasteiger partial charge in [-0.05, 0) is 38.9 Å². The quantitative estimate of drug-likeness (QED) is 0.791. The van der Waals surface area contributed by atoms with Crippen LogP contribution in [0.4, 0.5) is 0 Å². The van der Waals surface area contributed by atoms with E-state index in [4.69, 9.17) is 4.74 Å². The lowest BCUT2D eigenvalue weighted by molar-refractivity contribution is 0.0637. The van der Waals surface area contributed by atoms with E-state index in [1.54, 1.807) is 0 Å². The highest BCUT2D eigenvalue weighted by atomic mass is 32.1. The van der Waals surface area contributed by atoms with Gasteiger partial charge in [0.1, 0.15) is 0 Å². The first-order valence-corrected chi connectivity index (χ1v) is 6.89. The highest BCUT2D eigenvalue weighted by Crippen LogP contribution is 2.29. The van der Waals surface area contributed by atoms with Gasteiger partial charge in [-0.3, -0.25) is 0 Å². The average molecular weight is 241 g/mol. The maximum absolute atomic E-state index is 5.78. The van der Waals surface area contributed by atoms with E-state index in [9.17, 15) is 0 Å². The summed E-state index contributed by atoms with van der Waals surface area (Å²) in [5, 5.41) is 3.20. The van der Waals surface area contributed by atoms with Gasteiger partial charge >= 0.3 is 0 Å². The average Bonchev–Trinajstić information content (AvgIpc) is 2.60. The number of hydrogen-bond acceptors (Lipinski definition) is 3. The number of likely N-dealkylation sites (N-methyl/N-ethyl adjacent to an activating group) is 1. The van der Waals surface area contributed by atoms with Crippen molar-refractivity contribution >= 4 is 11.3 Å². The van der Waals surface area contributed by atoms with Crippen molar-refractivity contribution in [3.63, 3.8) is 0 Å². The Hall–Kier alpha value is -0.380. The van der Waals surface area contributed by atoms with Crippen LogP contribution in [0.1, 0.15) is 41.7 Å². The molecule has 1 aromatic rings. The first-order valence-electron chi connectivity index (χ1n) is 6.08. The van der Waals surface area contributed by atoms with Crippen LogP contribution in [0, 0.1) is 6.92 Å². The number of aryl methyl sites for hydroxylation is 2. The van der Waals surface area contributed by atoms with Gasteiger partial charge in [0.15, 0.2) is 0 Å². The van der Waals surface area contributed by atoms with E-state index < -0.39 is 0 Å². The molecule has 1 heterocycles. The third-order valence-corrected chi connectivity index (χ3v) is 3.73. The summed E-state index contributed by atoms with van der Waals surface area (Å²) in [6.45, 7) is 8.13. The molecule has 0 fully saturated rings. The predicted octanol–water partition coefficient (Wildman–Crippen LogP) is 3.31. The number of thiophene rings is 1. The van der Waals surface area contributed by atoms with Gasteiger partial charge in [0, 0.05) is 22.9 Å². The summed E-state index contributed by atoms with van der Waals surface area (Å²) in [4.78, 5) is 2.88. The van der Waals surface area contributed by atoms with Crippen molar-refractivity contribution in [3.8, 4) is 0 Å². The second-order valence-electron chi connectivity index (χ2n) is 3.98. The van der Waals surface area contributed by atoms with Gasteiger partial charge in [-0.25, -0.2) is 0 Å². The molecule has 0 aromatic carbocycles. The first kappa shape index (κ1) is 13.7. The van der Waals surface area contributed by atoms with Crippen LogP contribution in [0.2, 0.25) is 0 Å². The SMILES string of the molecule is CCCc1cc(C(CNC)OCC)c(C)s1. The van der Waals surface area contributed by atoms with Gasteiger partial charge in [0.2, 0.25) is 0 Å². The van der Waals surface area contributed by atoms with Crippen LogP contribution in [0.5, 0.6) is 0 Å². The summed E-state index contributed by atoms with van der Waals surface area (Å²) in [5.74, 6) is 0. The van der Waals surface area contributed by atoms with E-state index in [-0.39, 0.29) is 6.10 Å². The van der Waals surface area contributed by atoms with Crippen molar-refractivity contribution in [1.29, 1.82) is 0 Å². The molecule has 1 unspecified atom stereocenters. The highest BCUT2D eigenvalue weighted by molar-refractivity contribution is 7.12. The summed E-state index contributed by atoms with van der Waals surface area (Å²) in [6, 6.07) is 2.32. The Morgan fingerprint density at radius 1 is 1.44 bits per heavy atom. The van der Waals surface area contributed by atoms with Crippen LogP contribution in [0.15, 0.2) is 6.07 Å². The van der Waals surface area contributed by atoms with Crippen molar-refractivity contribution < 1.29 is 4.74 Å². The monoisotopic (exact) mass is 241 g/mol. The lowest BCUT2D eigenvalue weighted by Gasteiger charge is -2.16. The summed E-state index contributed by atoms with van der Waals surface area (Å²) >= 11 is 1.91. The third-order valence-electron chi connectivity index (χ3n) is 2.61. The van der Waals surface area contributed by atoms with Crippen LogP contribution in [-0.2, 0) is 11.2 Å². The summed E-state index contributed by atoms with van der Waals surface area (Å²) < 4.78 is 5.78. The van der Waals surface area contributed by atoms with Crippen molar-refractivity contribution in [2.24, 2.45) is 0 Å². The molecule has 0 saturated heterocycles. The first-order chi connectivity index (χ1) is 7.72. The zero-order valence-corrected chi connectivity index (χ0v) is 11.6. The van der Waals surface area contributed by atoms with Crippen LogP contribution in [0.25, 0.3) is 0 Å². The van der Waals surface area contributed by atoms with E-state index >= 15 is 0 Å². The lowest BCUT2D eigenvalue weighted by Crippen LogP contribution is -2.19. The molecule has 1 aromatic heterocycles. The van der Waals surface area contributed by atoms with Crippen LogP contribution in [-0.4, -0.2) is 20.2 Å². The van der Waals surface area contributed by atoms with E-state index in [1.807, 2.05) is 18.4 Å². The molecule has 2 nitrogen and oxygen atoms in total. The molecule has 0 aliphatic rings. The van der Waals surface area contributed by atoms with E-state index in [2.05, 4.69) is 32.2 Å². The molecule has 0 saturated carbocycles. The normalized spacial score (nSPS) is 13.0. The molecule has 92 valence electrons. The lowest BCUT2D eigenvalue weighted by atomic mass is 10.1. The molecule has 0 aliphatic carbocycles. The molecule has 0 bridgehead atoms. The molecule has 0 aliphatic heterocycles. The smallest absolute Gasteiger partial charge is 0.0959 e. The predicted molar refractivity (Wildman–Crippen MR) is 71.3 cm³/mol. The fourth-order valence-electron chi connectivity index (χ4n) is 1.89. The molecule has 3 heteroatoms. The minimum atomic E-state index is 0.205. The summed E-state index contributed by atoms with van der Waals surface area (Å²) in [5.41, 5.74) is 1.37. The topological polar surface area (TPSA) is 21.3 Å². The Morgan fingerprint density at radius 3 is 2.75 bits per heavy atom. The Bertz CT molecular complexity index is 303. The molecular formula is C13H23NOS. The standard InChI is InChI=1S/C13H23NOS/c1-5-7-11-8-12(10(3)16-11)13(9-14-4)15-6-2/h8,13-14H,5-7,9H2,1-4H3. The number of hydrogen-bond donors (Lipinski definition) is 1. The van der Waals surface area contributed by atoms with Crippen molar-refractivity contribution in [3.05, 3.63) is 21.4 Å². The number of rotatable bonds is 7. The second kappa shape index (κ2) is 7.05. The molecule has 0 radical (unpaired) electrons. The van der Waals surface area contributed by atoms with Crippen molar-refractivity contribution in [2.45, 2.75) is 39.7 Å². The molecule has 1 rings (SSSR count). The van der Waals surface area contributed by atoms with Crippen LogP contribution in [0.3, 0.4) is 0 Å². The largest absolute Gasteiger partial charge is 0.372 e. The second-order valence-corrected chi connectivity index (χ2v) is 5.32.